The fraction of sp³-hybridized carbons (Fsp3) is 0.267. The minimum atomic E-state index is -1.24. The molecule has 2 heterocycles. The van der Waals surface area contributed by atoms with Gasteiger partial charge in [0, 0.05) is 17.0 Å². The highest BCUT2D eigenvalue weighted by atomic mass is 32.2. The highest BCUT2D eigenvalue weighted by molar-refractivity contribution is 7.86. The van der Waals surface area contributed by atoms with Gasteiger partial charge in [-0.2, -0.15) is 0 Å². The maximum atomic E-state index is 13.3. The smallest absolute Gasteiger partial charge is 0.230 e. The fourth-order valence-electron chi connectivity index (χ4n) is 4.33. The lowest BCUT2D eigenvalue weighted by atomic mass is 10.1. The molecule has 0 radical (unpaired) electrons. The lowest BCUT2D eigenvalue weighted by molar-refractivity contribution is -0.115. The van der Waals surface area contributed by atoms with Gasteiger partial charge in [-0.15, -0.1) is 11.3 Å². The zero-order chi connectivity index (χ0) is 26.5. The van der Waals surface area contributed by atoms with E-state index < -0.39 is 11.0 Å². The van der Waals surface area contributed by atoms with Crippen LogP contribution in [-0.2, 0) is 28.6 Å². The Morgan fingerprint density at radius 1 is 1.03 bits per heavy atom. The van der Waals surface area contributed by atoms with Crippen LogP contribution in [0.15, 0.2) is 71.6 Å². The van der Waals surface area contributed by atoms with Crippen molar-refractivity contribution in [2.75, 3.05) is 16.2 Å². The summed E-state index contributed by atoms with van der Waals surface area (Å²) >= 11 is 1.49. The summed E-state index contributed by atoms with van der Waals surface area (Å²) in [6.07, 6.45) is 1.16. The van der Waals surface area contributed by atoms with E-state index >= 15 is 0 Å². The number of anilines is 2. The van der Waals surface area contributed by atoms with Crippen LogP contribution in [0.5, 0.6) is 0 Å². The second-order valence-electron chi connectivity index (χ2n) is 8.84. The molecule has 1 amide bonds. The molecule has 4 aromatic rings. The summed E-state index contributed by atoms with van der Waals surface area (Å²) in [5, 5.41) is 3.56. The standard InChI is InChI=1S/C28H27N3O2S2.C2H6/c1-18-8-10-21(11-9-18)16-26(32)29-28-30-27(20(3)34-28)23-12-13-24-22(17-23)14-15-31(24)35(33)25-7-5-4-6-19(25)2;1-2/h4-13,17H,14-16H2,1-3H3,(H,29,30,32);1-2H3. The van der Waals surface area contributed by atoms with Gasteiger partial charge >= 0.3 is 0 Å². The average Bonchev–Trinajstić information content (AvgIpc) is 3.49. The predicted octanol–water partition coefficient (Wildman–Crippen LogP) is 7.03. The third kappa shape index (κ3) is 6.00. The van der Waals surface area contributed by atoms with Gasteiger partial charge in [0.25, 0.3) is 0 Å². The molecule has 1 aliphatic heterocycles. The van der Waals surface area contributed by atoms with Gasteiger partial charge in [-0.1, -0.05) is 67.9 Å². The zero-order valence-electron chi connectivity index (χ0n) is 22.0. The molecule has 0 saturated carbocycles. The Hall–Kier alpha value is -3.29. The van der Waals surface area contributed by atoms with Crippen LogP contribution in [-0.4, -0.2) is 21.6 Å². The number of aromatic nitrogens is 1. The van der Waals surface area contributed by atoms with Crippen molar-refractivity contribution in [3.8, 4) is 11.3 Å². The summed E-state index contributed by atoms with van der Waals surface area (Å²) in [6, 6.07) is 22.0. The molecule has 5 nitrogen and oxygen atoms in total. The van der Waals surface area contributed by atoms with Crippen molar-refractivity contribution in [3.63, 3.8) is 0 Å². The summed E-state index contributed by atoms with van der Waals surface area (Å²) in [6.45, 7) is 10.8. The molecule has 37 heavy (non-hydrogen) atoms. The SMILES string of the molecule is CC.Cc1ccc(CC(=O)Nc2nc(-c3ccc4c(c3)CCN4S(=O)c3ccccc3C)c(C)s2)cc1. The quantitative estimate of drug-likeness (QED) is 0.291. The Kier molecular flexibility index (Phi) is 8.56. The second-order valence-corrected chi connectivity index (χ2v) is 11.4. The second kappa shape index (κ2) is 11.8. The Balaban J connectivity index is 0.00000156. The van der Waals surface area contributed by atoms with Crippen LogP contribution in [0.25, 0.3) is 11.3 Å². The van der Waals surface area contributed by atoms with E-state index in [2.05, 4.69) is 11.4 Å². The molecule has 0 aliphatic carbocycles. The molecule has 1 aliphatic rings. The topological polar surface area (TPSA) is 62.3 Å². The number of thiazole rings is 1. The first-order valence-corrected chi connectivity index (χ1v) is 14.5. The summed E-state index contributed by atoms with van der Waals surface area (Å²) in [7, 11) is -1.24. The molecule has 3 aromatic carbocycles. The van der Waals surface area contributed by atoms with Crippen molar-refractivity contribution >= 4 is 39.0 Å². The van der Waals surface area contributed by atoms with Gasteiger partial charge in [-0.3, -0.25) is 9.10 Å². The van der Waals surface area contributed by atoms with Crippen molar-refractivity contribution in [2.24, 2.45) is 0 Å². The van der Waals surface area contributed by atoms with E-state index in [1.165, 1.54) is 22.5 Å². The number of carbonyl (C=O) groups is 1. The number of hydrogen-bond donors (Lipinski definition) is 1. The van der Waals surface area contributed by atoms with Gasteiger partial charge < -0.3 is 5.32 Å². The third-order valence-corrected chi connectivity index (χ3v) is 8.72. The molecule has 0 bridgehead atoms. The van der Waals surface area contributed by atoms with Crippen molar-refractivity contribution in [1.29, 1.82) is 0 Å². The van der Waals surface area contributed by atoms with E-state index in [1.807, 2.05) is 99.6 Å². The van der Waals surface area contributed by atoms with E-state index in [-0.39, 0.29) is 5.91 Å². The van der Waals surface area contributed by atoms with Crippen molar-refractivity contribution < 1.29 is 9.00 Å². The highest BCUT2D eigenvalue weighted by Crippen LogP contribution is 2.37. The summed E-state index contributed by atoms with van der Waals surface area (Å²) in [5.74, 6) is -0.0718. The van der Waals surface area contributed by atoms with E-state index in [1.54, 1.807) is 0 Å². The number of fused-ring (bicyclic) bond motifs is 1. The molecule has 5 rings (SSSR count). The van der Waals surface area contributed by atoms with Gasteiger partial charge in [0.15, 0.2) is 16.1 Å². The normalized spacial score (nSPS) is 12.9. The largest absolute Gasteiger partial charge is 0.302 e. The van der Waals surface area contributed by atoms with Crippen LogP contribution >= 0.6 is 11.3 Å². The number of hydrogen-bond acceptors (Lipinski definition) is 4. The number of benzene rings is 3. The fourth-order valence-corrected chi connectivity index (χ4v) is 6.58. The van der Waals surface area contributed by atoms with Crippen LogP contribution < -0.4 is 9.62 Å². The van der Waals surface area contributed by atoms with Crippen molar-refractivity contribution in [1.82, 2.24) is 4.98 Å². The number of aryl methyl sites for hydroxylation is 3. The highest BCUT2D eigenvalue weighted by Gasteiger charge is 2.26. The van der Waals surface area contributed by atoms with Gasteiger partial charge in [-0.25, -0.2) is 9.19 Å². The zero-order valence-corrected chi connectivity index (χ0v) is 23.6. The van der Waals surface area contributed by atoms with Crippen LogP contribution in [0.4, 0.5) is 10.8 Å². The van der Waals surface area contributed by atoms with E-state index in [4.69, 9.17) is 4.98 Å². The maximum Gasteiger partial charge on any atom is 0.230 e. The number of nitrogens with one attached hydrogen (secondary N) is 1. The lowest BCUT2D eigenvalue weighted by Gasteiger charge is -2.19. The monoisotopic (exact) mass is 531 g/mol. The number of nitrogens with zero attached hydrogens (tertiary/aromatic N) is 2. The van der Waals surface area contributed by atoms with E-state index in [0.29, 0.717) is 11.6 Å². The van der Waals surface area contributed by atoms with E-state index in [0.717, 1.165) is 50.8 Å². The number of rotatable bonds is 6. The first kappa shape index (κ1) is 26.8. The molecule has 1 N–H and O–H groups in total. The first-order valence-electron chi connectivity index (χ1n) is 12.6. The maximum absolute atomic E-state index is 13.3. The molecule has 1 unspecified atom stereocenters. The number of amides is 1. The first-order chi connectivity index (χ1) is 17.9. The van der Waals surface area contributed by atoms with Gasteiger partial charge in [0.1, 0.15) is 0 Å². The minimum Gasteiger partial charge on any atom is -0.302 e. The molecule has 1 aromatic heterocycles. The van der Waals surface area contributed by atoms with Crippen molar-refractivity contribution in [3.05, 3.63) is 93.9 Å². The Bertz CT molecular complexity index is 1430. The Morgan fingerprint density at radius 2 is 1.76 bits per heavy atom. The molecular weight excluding hydrogens is 498 g/mol. The average molecular weight is 532 g/mol. The molecule has 7 heteroatoms. The van der Waals surface area contributed by atoms with E-state index in [9.17, 15) is 9.00 Å². The summed E-state index contributed by atoms with van der Waals surface area (Å²) in [5.41, 5.74) is 7.26. The van der Waals surface area contributed by atoms with Crippen LogP contribution in [0, 0.1) is 20.8 Å². The van der Waals surface area contributed by atoms with Crippen molar-refractivity contribution in [2.45, 2.75) is 52.4 Å². The predicted molar refractivity (Wildman–Crippen MR) is 156 cm³/mol. The van der Waals surface area contributed by atoms with Gasteiger partial charge in [-0.05, 0) is 62.1 Å². The molecular formula is C30H33N3O2S2. The summed E-state index contributed by atoms with van der Waals surface area (Å²) in [4.78, 5) is 19.2. The van der Waals surface area contributed by atoms with Crippen LogP contribution in [0.1, 0.15) is 41.0 Å². The summed E-state index contributed by atoms with van der Waals surface area (Å²) < 4.78 is 15.3. The molecule has 192 valence electrons. The van der Waals surface area contributed by atoms with Crippen LogP contribution in [0.3, 0.4) is 0 Å². The van der Waals surface area contributed by atoms with Crippen LogP contribution in [0.2, 0.25) is 0 Å². The lowest BCUT2D eigenvalue weighted by Crippen LogP contribution is -2.23. The Morgan fingerprint density at radius 3 is 2.49 bits per heavy atom. The number of carbonyl (C=O) groups excluding carboxylic acids is 1. The van der Waals surface area contributed by atoms with Gasteiger partial charge in [0.2, 0.25) is 5.91 Å². The molecule has 0 saturated heterocycles. The third-order valence-electron chi connectivity index (χ3n) is 6.22. The molecule has 0 fully saturated rings. The molecule has 0 spiro atoms. The van der Waals surface area contributed by atoms with Gasteiger partial charge in [0.05, 0.1) is 22.7 Å². The Labute approximate surface area is 226 Å². The minimum absolute atomic E-state index is 0.0718. The molecule has 1 atom stereocenters.